The number of benzene rings is 2. The number of aromatic nitrogens is 2. The van der Waals surface area contributed by atoms with Gasteiger partial charge in [-0.3, -0.25) is 4.57 Å². The van der Waals surface area contributed by atoms with Crippen LogP contribution in [0, 0.1) is 0 Å². The molecule has 20 heavy (non-hydrogen) atoms. The Hall–Kier alpha value is -2.13. The fourth-order valence-corrected chi connectivity index (χ4v) is 2.35. The molecular formula is C17H19N3. The Bertz CT molecular complexity index is 683. The van der Waals surface area contributed by atoms with Crippen molar-refractivity contribution in [1.82, 2.24) is 14.9 Å². The van der Waals surface area contributed by atoms with E-state index in [0.717, 1.165) is 29.8 Å². The molecule has 0 spiro atoms. The van der Waals surface area contributed by atoms with Gasteiger partial charge in [0.1, 0.15) is 6.33 Å². The summed E-state index contributed by atoms with van der Waals surface area (Å²) in [5.74, 6) is 0. The molecule has 1 heterocycles. The number of imidazole rings is 1. The summed E-state index contributed by atoms with van der Waals surface area (Å²) in [6.07, 6.45) is 3.05. The average molecular weight is 265 g/mol. The molecule has 3 nitrogen and oxygen atoms in total. The SMILES string of the molecule is CCCNCc1ccc(-n2cnc3ccccc32)cc1. The third-order valence-corrected chi connectivity index (χ3v) is 3.42. The summed E-state index contributed by atoms with van der Waals surface area (Å²) in [5, 5.41) is 3.42. The van der Waals surface area contributed by atoms with Crippen molar-refractivity contribution in [3.05, 3.63) is 60.4 Å². The maximum absolute atomic E-state index is 4.43. The topological polar surface area (TPSA) is 29.9 Å². The first kappa shape index (κ1) is 12.9. The van der Waals surface area contributed by atoms with E-state index in [2.05, 4.69) is 52.1 Å². The van der Waals surface area contributed by atoms with Crippen LogP contribution in [0.4, 0.5) is 0 Å². The lowest BCUT2D eigenvalue weighted by Gasteiger charge is -2.07. The highest BCUT2D eigenvalue weighted by Crippen LogP contribution is 2.18. The monoisotopic (exact) mass is 265 g/mol. The quantitative estimate of drug-likeness (QED) is 0.715. The molecule has 0 amide bonds. The summed E-state index contributed by atoms with van der Waals surface area (Å²) in [6, 6.07) is 16.8. The molecule has 102 valence electrons. The van der Waals surface area contributed by atoms with Crippen molar-refractivity contribution in [2.75, 3.05) is 6.54 Å². The molecule has 0 saturated heterocycles. The molecule has 3 heteroatoms. The number of hydrogen-bond acceptors (Lipinski definition) is 2. The van der Waals surface area contributed by atoms with Crippen LogP contribution in [0.2, 0.25) is 0 Å². The van der Waals surface area contributed by atoms with Gasteiger partial charge in [-0.05, 0) is 42.8 Å². The Labute approximate surface area is 119 Å². The summed E-state index contributed by atoms with van der Waals surface area (Å²) >= 11 is 0. The minimum Gasteiger partial charge on any atom is -0.313 e. The van der Waals surface area contributed by atoms with Crippen LogP contribution in [0.1, 0.15) is 18.9 Å². The van der Waals surface area contributed by atoms with E-state index in [9.17, 15) is 0 Å². The molecule has 0 aliphatic heterocycles. The molecule has 1 N–H and O–H groups in total. The molecule has 0 aliphatic carbocycles. The zero-order valence-corrected chi connectivity index (χ0v) is 11.7. The first-order valence-corrected chi connectivity index (χ1v) is 7.10. The van der Waals surface area contributed by atoms with Crippen molar-refractivity contribution in [1.29, 1.82) is 0 Å². The van der Waals surface area contributed by atoms with Gasteiger partial charge in [0.25, 0.3) is 0 Å². The molecule has 0 saturated carbocycles. The Morgan fingerprint density at radius 2 is 1.85 bits per heavy atom. The molecule has 0 bridgehead atoms. The molecule has 0 fully saturated rings. The van der Waals surface area contributed by atoms with Gasteiger partial charge >= 0.3 is 0 Å². The first-order chi connectivity index (χ1) is 9.88. The maximum Gasteiger partial charge on any atom is 0.100 e. The van der Waals surface area contributed by atoms with E-state index in [-0.39, 0.29) is 0 Å². The zero-order chi connectivity index (χ0) is 13.8. The number of hydrogen-bond donors (Lipinski definition) is 1. The molecule has 0 aliphatic rings. The Kier molecular flexibility index (Phi) is 3.79. The van der Waals surface area contributed by atoms with Crippen molar-refractivity contribution in [3.63, 3.8) is 0 Å². The third kappa shape index (κ3) is 2.58. The minimum absolute atomic E-state index is 0.929. The molecular weight excluding hydrogens is 246 g/mol. The predicted molar refractivity (Wildman–Crippen MR) is 83.1 cm³/mol. The number of nitrogens with one attached hydrogen (secondary N) is 1. The summed E-state index contributed by atoms with van der Waals surface area (Å²) in [4.78, 5) is 4.43. The lowest BCUT2D eigenvalue weighted by Crippen LogP contribution is -2.13. The van der Waals surface area contributed by atoms with E-state index in [0.29, 0.717) is 0 Å². The van der Waals surface area contributed by atoms with E-state index >= 15 is 0 Å². The van der Waals surface area contributed by atoms with Crippen LogP contribution in [0.3, 0.4) is 0 Å². The largest absolute Gasteiger partial charge is 0.313 e. The van der Waals surface area contributed by atoms with Crippen molar-refractivity contribution < 1.29 is 0 Å². The molecule has 0 atom stereocenters. The van der Waals surface area contributed by atoms with Crippen LogP contribution in [-0.4, -0.2) is 16.1 Å². The number of para-hydroxylation sites is 2. The van der Waals surface area contributed by atoms with Crippen molar-refractivity contribution >= 4 is 11.0 Å². The highest BCUT2D eigenvalue weighted by Gasteiger charge is 2.03. The highest BCUT2D eigenvalue weighted by atomic mass is 15.0. The number of fused-ring (bicyclic) bond motifs is 1. The van der Waals surface area contributed by atoms with Crippen LogP contribution < -0.4 is 5.32 Å². The maximum atomic E-state index is 4.43. The van der Waals surface area contributed by atoms with Gasteiger partial charge in [-0.2, -0.15) is 0 Å². The lowest BCUT2D eigenvalue weighted by molar-refractivity contribution is 0.675. The van der Waals surface area contributed by atoms with Gasteiger partial charge in [0.2, 0.25) is 0 Å². The van der Waals surface area contributed by atoms with Crippen LogP contribution in [0.25, 0.3) is 16.7 Å². The molecule has 0 unspecified atom stereocenters. The minimum atomic E-state index is 0.929. The van der Waals surface area contributed by atoms with Gasteiger partial charge in [-0.25, -0.2) is 4.98 Å². The fraction of sp³-hybridized carbons (Fsp3) is 0.235. The van der Waals surface area contributed by atoms with Gasteiger partial charge in [0.05, 0.1) is 11.0 Å². The summed E-state index contributed by atoms with van der Waals surface area (Å²) in [5.41, 5.74) is 4.63. The van der Waals surface area contributed by atoms with Crippen LogP contribution in [0.15, 0.2) is 54.9 Å². The molecule has 3 aromatic rings. The van der Waals surface area contributed by atoms with E-state index in [1.54, 1.807) is 0 Å². The van der Waals surface area contributed by atoms with Crippen molar-refractivity contribution in [3.8, 4) is 5.69 Å². The van der Waals surface area contributed by atoms with Crippen LogP contribution in [0.5, 0.6) is 0 Å². The van der Waals surface area contributed by atoms with Crippen LogP contribution >= 0.6 is 0 Å². The van der Waals surface area contributed by atoms with E-state index in [1.165, 1.54) is 12.0 Å². The van der Waals surface area contributed by atoms with Gasteiger partial charge in [-0.15, -0.1) is 0 Å². The normalized spacial score (nSPS) is 11.1. The average Bonchev–Trinajstić information content (AvgIpc) is 2.92. The van der Waals surface area contributed by atoms with Gasteiger partial charge in [-0.1, -0.05) is 31.2 Å². The second kappa shape index (κ2) is 5.88. The van der Waals surface area contributed by atoms with Gasteiger partial charge in [0, 0.05) is 12.2 Å². The molecule has 1 aromatic heterocycles. The van der Waals surface area contributed by atoms with E-state index < -0.39 is 0 Å². The Morgan fingerprint density at radius 1 is 1.05 bits per heavy atom. The Balaban J connectivity index is 1.84. The van der Waals surface area contributed by atoms with Crippen molar-refractivity contribution in [2.45, 2.75) is 19.9 Å². The van der Waals surface area contributed by atoms with E-state index in [1.807, 2.05) is 24.5 Å². The highest BCUT2D eigenvalue weighted by molar-refractivity contribution is 5.77. The van der Waals surface area contributed by atoms with Gasteiger partial charge < -0.3 is 5.32 Å². The van der Waals surface area contributed by atoms with Gasteiger partial charge in [0.15, 0.2) is 0 Å². The lowest BCUT2D eigenvalue weighted by atomic mass is 10.2. The molecule has 2 aromatic carbocycles. The third-order valence-electron chi connectivity index (χ3n) is 3.42. The van der Waals surface area contributed by atoms with Crippen LogP contribution in [-0.2, 0) is 6.54 Å². The standard InChI is InChI=1S/C17H19N3/c1-2-11-18-12-14-7-9-15(10-8-14)20-13-19-16-5-3-4-6-17(16)20/h3-10,13,18H,2,11-12H2,1H3. The smallest absolute Gasteiger partial charge is 0.100 e. The fourth-order valence-electron chi connectivity index (χ4n) is 2.35. The Morgan fingerprint density at radius 3 is 2.65 bits per heavy atom. The number of rotatable bonds is 5. The van der Waals surface area contributed by atoms with Crippen molar-refractivity contribution in [2.24, 2.45) is 0 Å². The second-order valence-electron chi connectivity index (χ2n) is 4.95. The summed E-state index contributed by atoms with van der Waals surface area (Å²) in [7, 11) is 0. The molecule has 3 rings (SSSR count). The predicted octanol–water partition coefficient (Wildman–Crippen LogP) is 3.53. The zero-order valence-electron chi connectivity index (χ0n) is 11.7. The summed E-state index contributed by atoms with van der Waals surface area (Å²) in [6.45, 7) is 4.17. The first-order valence-electron chi connectivity index (χ1n) is 7.10. The molecule has 0 radical (unpaired) electrons. The van der Waals surface area contributed by atoms with E-state index in [4.69, 9.17) is 0 Å². The number of nitrogens with zero attached hydrogens (tertiary/aromatic N) is 2. The second-order valence-corrected chi connectivity index (χ2v) is 4.95. The summed E-state index contributed by atoms with van der Waals surface area (Å²) < 4.78 is 2.12.